The van der Waals surface area contributed by atoms with Crippen LogP contribution < -0.4 is 15.5 Å². The van der Waals surface area contributed by atoms with Crippen molar-refractivity contribution in [2.24, 2.45) is 0 Å². The summed E-state index contributed by atoms with van der Waals surface area (Å²) in [5, 5.41) is 6.56. The fraction of sp³-hybridized carbons (Fsp3) is 0.462. The molecular weight excluding hydrogens is 266 g/mol. The van der Waals surface area contributed by atoms with Crippen molar-refractivity contribution in [3.05, 3.63) is 22.7 Å². The van der Waals surface area contributed by atoms with E-state index in [0.29, 0.717) is 18.2 Å². The molecule has 1 fully saturated rings. The Bertz CT molecular complexity index is 515. The minimum absolute atomic E-state index is 0.0345. The molecule has 1 aromatic rings. The lowest BCUT2D eigenvalue weighted by Crippen LogP contribution is -2.36. The van der Waals surface area contributed by atoms with Crippen molar-refractivity contribution in [3.63, 3.8) is 0 Å². The average Bonchev–Trinajstić information content (AvgIpc) is 2.73. The van der Waals surface area contributed by atoms with Gasteiger partial charge >= 0.3 is 0 Å². The molecule has 2 N–H and O–H groups in total. The van der Waals surface area contributed by atoms with E-state index in [1.54, 1.807) is 7.05 Å². The van der Waals surface area contributed by atoms with Crippen LogP contribution in [0.15, 0.2) is 12.1 Å². The zero-order chi connectivity index (χ0) is 13.4. The molecule has 0 aromatic heterocycles. The second-order valence-electron chi connectivity index (χ2n) is 4.70. The Morgan fingerprint density at radius 2 is 2.16 bits per heavy atom. The monoisotopic (exact) mass is 281 g/mol. The fourth-order valence-electron chi connectivity index (χ4n) is 2.60. The fourth-order valence-corrected chi connectivity index (χ4v) is 2.90. The molecule has 0 radical (unpaired) electrons. The molecule has 0 bridgehead atoms. The third-order valence-electron chi connectivity index (χ3n) is 3.59. The Kier molecular flexibility index (Phi) is 3.35. The van der Waals surface area contributed by atoms with Crippen LogP contribution >= 0.6 is 11.6 Å². The van der Waals surface area contributed by atoms with Crippen LogP contribution in [0.2, 0.25) is 5.02 Å². The van der Waals surface area contributed by atoms with Crippen molar-refractivity contribution in [2.45, 2.75) is 6.04 Å². The van der Waals surface area contributed by atoms with Gasteiger partial charge in [-0.1, -0.05) is 11.6 Å². The van der Waals surface area contributed by atoms with Crippen LogP contribution in [-0.2, 0) is 9.53 Å². The molecule has 0 saturated carbocycles. The maximum atomic E-state index is 11.8. The average molecular weight is 282 g/mol. The molecule has 1 amide bonds. The molecular formula is C13H16ClN3O2. The van der Waals surface area contributed by atoms with Crippen molar-refractivity contribution >= 4 is 28.9 Å². The van der Waals surface area contributed by atoms with Gasteiger partial charge in [0.25, 0.3) is 0 Å². The number of carbonyl (C=O) groups is 1. The summed E-state index contributed by atoms with van der Waals surface area (Å²) in [6.07, 6.45) is 0. The molecule has 2 aliphatic rings. The van der Waals surface area contributed by atoms with E-state index in [9.17, 15) is 4.79 Å². The van der Waals surface area contributed by atoms with Crippen molar-refractivity contribution in [3.8, 4) is 0 Å². The number of hydrogen-bond acceptors (Lipinski definition) is 4. The summed E-state index contributed by atoms with van der Waals surface area (Å²) in [6, 6.07) is 3.52. The molecule has 0 spiro atoms. The topological polar surface area (TPSA) is 53.6 Å². The molecule has 19 heavy (non-hydrogen) atoms. The number of rotatable bonds is 2. The minimum atomic E-state index is -0.314. The third kappa shape index (κ3) is 2.18. The highest BCUT2D eigenvalue weighted by atomic mass is 35.5. The Balaban J connectivity index is 1.96. The van der Waals surface area contributed by atoms with Crippen molar-refractivity contribution in [1.29, 1.82) is 0 Å². The number of anilines is 2. The van der Waals surface area contributed by atoms with Gasteiger partial charge < -0.3 is 20.3 Å². The molecule has 0 aliphatic carbocycles. The Morgan fingerprint density at radius 1 is 1.42 bits per heavy atom. The Labute approximate surface area is 116 Å². The zero-order valence-electron chi connectivity index (χ0n) is 10.7. The predicted octanol–water partition coefficient (Wildman–Crippen LogP) is 1.39. The van der Waals surface area contributed by atoms with Gasteiger partial charge in [0.05, 0.1) is 23.9 Å². The highest BCUT2D eigenvalue weighted by Gasteiger charge is 2.31. The van der Waals surface area contributed by atoms with E-state index in [4.69, 9.17) is 16.3 Å². The first kappa shape index (κ1) is 12.7. The SMILES string of the molecule is CNC1C(=O)Nc2cc(N3CCOCC3)c(Cl)cc21. The minimum Gasteiger partial charge on any atom is -0.378 e. The maximum absolute atomic E-state index is 11.8. The summed E-state index contributed by atoms with van der Waals surface area (Å²) in [5.74, 6) is -0.0345. The third-order valence-corrected chi connectivity index (χ3v) is 3.89. The van der Waals surface area contributed by atoms with Crippen LogP contribution in [0, 0.1) is 0 Å². The standard InChI is InChI=1S/C13H16ClN3O2/c1-15-12-8-6-9(14)11(7-10(8)16-13(12)18)17-2-4-19-5-3-17/h6-7,12,15H,2-5H2,1H3,(H,16,18). The van der Waals surface area contributed by atoms with Crippen molar-refractivity contribution < 1.29 is 9.53 Å². The first-order valence-electron chi connectivity index (χ1n) is 6.35. The highest BCUT2D eigenvalue weighted by molar-refractivity contribution is 6.33. The quantitative estimate of drug-likeness (QED) is 0.860. The number of amides is 1. The van der Waals surface area contributed by atoms with Crippen LogP contribution in [0.5, 0.6) is 0 Å². The summed E-state index contributed by atoms with van der Waals surface area (Å²) in [7, 11) is 1.77. The molecule has 2 aliphatic heterocycles. The van der Waals surface area contributed by atoms with Gasteiger partial charge in [-0.25, -0.2) is 0 Å². The second kappa shape index (κ2) is 5.00. The van der Waals surface area contributed by atoms with Gasteiger partial charge in [-0.05, 0) is 19.2 Å². The largest absolute Gasteiger partial charge is 0.378 e. The van der Waals surface area contributed by atoms with E-state index < -0.39 is 0 Å². The van der Waals surface area contributed by atoms with E-state index in [0.717, 1.165) is 30.0 Å². The van der Waals surface area contributed by atoms with Crippen molar-refractivity contribution in [1.82, 2.24) is 5.32 Å². The van der Waals surface area contributed by atoms with Gasteiger partial charge in [0.15, 0.2) is 0 Å². The number of halogens is 1. The maximum Gasteiger partial charge on any atom is 0.246 e. The summed E-state index contributed by atoms with van der Waals surface area (Å²) in [5.41, 5.74) is 2.71. The first-order valence-corrected chi connectivity index (χ1v) is 6.73. The summed E-state index contributed by atoms with van der Waals surface area (Å²) in [4.78, 5) is 14.0. The van der Waals surface area contributed by atoms with Crippen LogP contribution in [0.25, 0.3) is 0 Å². The number of ether oxygens (including phenoxy) is 1. The second-order valence-corrected chi connectivity index (χ2v) is 5.11. The number of morpholine rings is 1. The van der Waals surface area contributed by atoms with Gasteiger partial charge in [-0.3, -0.25) is 4.79 Å². The van der Waals surface area contributed by atoms with Crippen LogP contribution in [0.1, 0.15) is 11.6 Å². The summed E-state index contributed by atoms with van der Waals surface area (Å²) < 4.78 is 5.34. The van der Waals surface area contributed by atoms with Crippen LogP contribution in [-0.4, -0.2) is 39.3 Å². The van der Waals surface area contributed by atoms with E-state index in [1.807, 2.05) is 12.1 Å². The summed E-state index contributed by atoms with van der Waals surface area (Å²) in [6.45, 7) is 3.06. The molecule has 2 heterocycles. The molecule has 102 valence electrons. The lowest BCUT2D eigenvalue weighted by molar-refractivity contribution is -0.117. The molecule has 5 nitrogen and oxygen atoms in total. The number of fused-ring (bicyclic) bond motifs is 1. The lowest BCUT2D eigenvalue weighted by Gasteiger charge is -2.30. The van der Waals surface area contributed by atoms with E-state index in [-0.39, 0.29) is 11.9 Å². The van der Waals surface area contributed by atoms with Gasteiger partial charge in [0, 0.05) is 24.3 Å². The number of carbonyl (C=O) groups excluding carboxylic acids is 1. The van der Waals surface area contributed by atoms with Gasteiger partial charge in [0.2, 0.25) is 5.91 Å². The van der Waals surface area contributed by atoms with Crippen LogP contribution in [0.3, 0.4) is 0 Å². The van der Waals surface area contributed by atoms with Crippen LogP contribution in [0.4, 0.5) is 11.4 Å². The zero-order valence-corrected chi connectivity index (χ0v) is 11.5. The smallest absolute Gasteiger partial charge is 0.246 e. The normalized spacial score (nSPS) is 22.3. The van der Waals surface area contributed by atoms with Gasteiger partial charge in [0.1, 0.15) is 6.04 Å². The summed E-state index contributed by atoms with van der Waals surface area (Å²) >= 11 is 6.36. The van der Waals surface area contributed by atoms with E-state index in [2.05, 4.69) is 15.5 Å². The number of hydrogen-bond donors (Lipinski definition) is 2. The molecule has 1 aromatic carbocycles. The number of benzene rings is 1. The number of likely N-dealkylation sites (N-methyl/N-ethyl adjacent to an activating group) is 1. The lowest BCUT2D eigenvalue weighted by atomic mass is 10.1. The predicted molar refractivity (Wildman–Crippen MR) is 74.9 cm³/mol. The number of nitrogens with zero attached hydrogens (tertiary/aromatic N) is 1. The molecule has 1 atom stereocenters. The molecule has 6 heteroatoms. The van der Waals surface area contributed by atoms with E-state index >= 15 is 0 Å². The van der Waals surface area contributed by atoms with Gasteiger partial charge in [-0.15, -0.1) is 0 Å². The van der Waals surface area contributed by atoms with Crippen molar-refractivity contribution in [2.75, 3.05) is 43.6 Å². The highest BCUT2D eigenvalue weighted by Crippen LogP contribution is 2.38. The Morgan fingerprint density at radius 3 is 2.84 bits per heavy atom. The molecule has 1 saturated heterocycles. The molecule has 3 rings (SSSR count). The van der Waals surface area contributed by atoms with E-state index in [1.165, 1.54) is 0 Å². The Hall–Kier alpha value is -1.30. The first-order chi connectivity index (χ1) is 9.20. The van der Waals surface area contributed by atoms with Gasteiger partial charge in [-0.2, -0.15) is 0 Å². The molecule has 1 unspecified atom stereocenters. The number of nitrogens with one attached hydrogen (secondary N) is 2.